The lowest BCUT2D eigenvalue weighted by atomic mass is 9.94. The highest BCUT2D eigenvalue weighted by atomic mass is 19.4. The Morgan fingerprint density at radius 2 is 1.25 bits per heavy atom. The van der Waals surface area contributed by atoms with Crippen LogP contribution in [0.4, 0.5) is 35.1 Å². The summed E-state index contributed by atoms with van der Waals surface area (Å²) in [7, 11) is 0. The Hall–Kier alpha value is -2.32. The van der Waals surface area contributed by atoms with Gasteiger partial charge in [0.25, 0.3) is 0 Å². The van der Waals surface area contributed by atoms with Gasteiger partial charge < -0.3 is 4.74 Å². The first-order valence-electron chi connectivity index (χ1n) is 6.33. The van der Waals surface area contributed by atoms with Crippen molar-refractivity contribution in [1.29, 1.82) is 0 Å². The molecule has 2 aromatic rings. The van der Waals surface area contributed by atoms with Crippen molar-refractivity contribution in [3.05, 3.63) is 53.6 Å². The largest absolute Gasteiger partial charge is 0.434 e. The standard InChI is InChI=1S/C15H8F8O/c16-13(17)24-11-7-3-6-10(15(21,22)23)12(11)8-4-1-2-5-9(8)14(18,19)20/h1-7,13H. The summed E-state index contributed by atoms with van der Waals surface area (Å²) in [6.07, 6.45) is -10.0. The molecule has 0 amide bonds. The highest BCUT2D eigenvalue weighted by molar-refractivity contribution is 5.77. The summed E-state index contributed by atoms with van der Waals surface area (Å²) in [5.41, 5.74) is -4.87. The monoisotopic (exact) mass is 356 g/mol. The Morgan fingerprint density at radius 1 is 0.708 bits per heavy atom. The third-order valence-corrected chi connectivity index (χ3v) is 3.05. The zero-order chi connectivity index (χ0) is 18.1. The predicted octanol–water partition coefficient (Wildman–Crippen LogP) is 5.99. The Balaban J connectivity index is 2.82. The number of hydrogen-bond donors (Lipinski definition) is 0. The van der Waals surface area contributed by atoms with Gasteiger partial charge in [-0.05, 0) is 23.8 Å². The summed E-state index contributed by atoms with van der Waals surface area (Å²) < 4.78 is 108. The van der Waals surface area contributed by atoms with Crippen LogP contribution in [0.25, 0.3) is 11.1 Å². The summed E-state index contributed by atoms with van der Waals surface area (Å²) in [6, 6.07) is 5.42. The van der Waals surface area contributed by atoms with Crippen molar-refractivity contribution in [2.24, 2.45) is 0 Å². The molecule has 0 saturated heterocycles. The zero-order valence-electron chi connectivity index (χ0n) is 11.6. The van der Waals surface area contributed by atoms with E-state index in [9.17, 15) is 35.1 Å². The van der Waals surface area contributed by atoms with E-state index in [1.807, 2.05) is 0 Å². The quantitative estimate of drug-likeness (QED) is 0.614. The van der Waals surface area contributed by atoms with Crippen LogP contribution in [-0.2, 0) is 12.4 Å². The van der Waals surface area contributed by atoms with Crippen LogP contribution in [0.15, 0.2) is 42.5 Å². The third-order valence-electron chi connectivity index (χ3n) is 3.05. The minimum Gasteiger partial charge on any atom is -0.434 e. The summed E-state index contributed by atoms with van der Waals surface area (Å²) >= 11 is 0. The van der Waals surface area contributed by atoms with Crippen LogP contribution in [0.2, 0.25) is 0 Å². The second kappa shape index (κ2) is 6.29. The van der Waals surface area contributed by atoms with Gasteiger partial charge in [0.2, 0.25) is 0 Å². The van der Waals surface area contributed by atoms with Gasteiger partial charge in [-0.3, -0.25) is 0 Å². The average molecular weight is 356 g/mol. The first-order chi connectivity index (χ1) is 11.0. The summed E-state index contributed by atoms with van der Waals surface area (Å²) in [5.74, 6) is -0.989. The molecule has 0 aromatic heterocycles. The minimum absolute atomic E-state index is 0.501. The summed E-state index contributed by atoms with van der Waals surface area (Å²) in [6.45, 7) is -3.50. The SMILES string of the molecule is FC(F)Oc1cccc(C(F)(F)F)c1-c1ccccc1C(F)(F)F. The molecular formula is C15H8F8O. The molecule has 2 aromatic carbocycles. The highest BCUT2D eigenvalue weighted by Crippen LogP contribution is 2.46. The van der Waals surface area contributed by atoms with E-state index in [0.29, 0.717) is 12.1 Å². The Morgan fingerprint density at radius 3 is 1.79 bits per heavy atom. The smallest absolute Gasteiger partial charge is 0.417 e. The van der Waals surface area contributed by atoms with E-state index in [4.69, 9.17) is 0 Å². The molecule has 0 bridgehead atoms. The van der Waals surface area contributed by atoms with Crippen LogP contribution in [0, 0.1) is 0 Å². The molecule has 0 N–H and O–H groups in total. The lowest BCUT2D eigenvalue weighted by Gasteiger charge is -2.20. The van der Waals surface area contributed by atoms with Crippen molar-refractivity contribution >= 4 is 0 Å². The van der Waals surface area contributed by atoms with E-state index in [1.54, 1.807) is 0 Å². The molecule has 24 heavy (non-hydrogen) atoms. The molecule has 0 spiro atoms. The van der Waals surface area contributed by atoms with Gasteiger partial charge in [0, 0.05) is 5.56 Å². The van der Waals surface area contributed by atoms with Gasteiger partial charge >= 0.3 is 19.0 Å². The summed E-state index contributed by atoms with van der Waals surface area (Å²) in [4.78, 5) is 0. The Labute approximate surface area is 130 Å². The fraction of sp³-hybridized carbons (Fsp3) is 0.200. The number of halogens is 8. The molecule has 0 aliphatic rings. The number of ether oxygens (including phenoxy) is 1. The average Bonchev–Trinajstić information content (AvgIpc) is 2.44. The van der Waals surface area contributed by atoms with Gasteiger partial charge in [0.1, 0.15) is 5.75 Å². The van der Waals surface area contributed by atoms with Gasteiger partial charge in [-0.1, -0.05) is 24.3 Å². The molecule has 0 heterocycles. The fourth-order valence-corrected chi connectivity index (χ4v) is 2.19. The van der Waals surface area contributed by atoms with E-state index in [2.05, 4.69) is 4.74 Å². The maximum atomic E-state index is 13.2. The number of benzene rings is 2. The van der Waals surface area contributed by atoms with Gasteiger partial charge in [-0.25, -0.2) is 0 Å². The molecule has 1 nitrogen and oxygen atoms in total. The van der Waals surface area contributed by atoms with Crippen molar-refractivity contribution in [1.82, 2.24) is 0 Å². The number of rotatable bonds is 3. The second-order valence-electron chi connectivity index (χ2n) is 4.60. The number of hydrogen-bond acceptors (Lipinski definition) is 1. The van der Waals surface area contributed by atoms with Gasteiger partial charge in [-0.2, -0.15) is 35.1 Å². The van der Waals surface area contributed by atoms with Gasteiger partial charge in [0.15, 0.2) is 0 Å². The van der Waals surface area contributed by atoms with E-state index < -0.39 is 47.0 Å². The first-order valence-corrected chi connectivity index (χ1v) is 6.33. The molecule has 9 heteroatoms. The van der Waals surface area contributed by atoms with Crippen molar-refractivity contribution in [2.75, 3.05) is 0 Å². The zero-order valence-corrected chi connectivity index (χ0v) is 11.6. The Kier molecular flexibility index (Phi) is 4.73. The van der Waals surface area contributed by atoms with Crippen LogP contribution < -0.4 is 4.74 Å². The van der Waals surface area contributed by atoms with Crippen LogP contribution in [-0.4, -0.2) is 6.61 Å². The lowest BCUT2D eigenvalue weighted by molar-refractivity contribution is -0.139. The molecule has 0 radical (unpaired) electrons. The normalized spacial score (nSPS) is 12.5. The van der Waals surface area contributed by atoms with E-state index >= 15 is 0 Å². The molecule has 0 aliphatic carbocycles. The van der Waals surface area contributed by atoms with Crippen LogP contribution in [0.5, 0.6) is 5.75 Å². The summed E-state index contributed by atoms with van der Waals surface area (Å²) in [5, 5.41) is 0. The van der Waals surface area contributed by atoms with E-state index in [0.717, 1.165) is 30.3 Å². The molecular weight excluding hydrogens is 348 g/mol. The highest BCUT2D eigenvalue weighted by Gasteiger charge is 2.39. The maximum Gasteiger partial charge on any atom is 0.417 e. The van der Waals surface area contributed by atoms with Crippen LogP contribution >= 0.6 is 0 Å². The second-order valence-corrected chi connectivity index (χ2v) is 4.60. The molecule has 0 saturated carbocycles. The molecule has 0 fully saturated rings. The predicted molar refractivity (Wildman–Crippen MR) is 68.5 cm³/mol. The van der Waals surface area contributed by atoms with E-state index in [1.165, 1.54) is 0 Å². The topological polar surface area (TPSA) is 9.23 Å². The number of alkyl halides is 8. The molecule has 0 aliphatic heterocycles. The third kappa shape index (κ3) is 3.77. The van der Waals surface area contributed by atoms with Crippen molar-refractivity contribution < 1.29 is 39.9 Å². The maximum absolute atomic E-state index is 13.2. The Bertz CT molecular complexity index is 718. The first kappa shape index (κ1) is 18.0. The van der Waals surface area contributed by atoms with Gasteiger partial charge in [-0.15, -0.1) is 0 Å². The van der Waals surface area contributed by atoms with Crippen molar-refractivity contribution in [3.8, 4) is 16.9 Å². The van der Waals surface area contributed by atoms with Crippen LogP contribution in [0.1, 0.15) is 11.1 Å². The lowest BCUT2D eigenvalue weighted by Crippen LogP contribution is -2.13. The van der Waals surface area contributed by atoms with Crippen molar-refractivity contribution in [2.45, 2.75) is 19.0 Å². The molecule has 0 unspecified atom stereocenters. The van der Waals surface area contributed by atoms with Crippen LogP contribution in [0.3, 0.4) is 0 Å². The minimum atomic E-state index is -5.06. The fourth-order valence-electron chi connectivity index (χ4n) is 2.19. The molecule has 130 valence electrons. The van der Waals surface area contributed by atoms with Crippen molar-refractivity contribution in [3.63, 3.8) is 0 Å². The molecule has 0 atom stereocenters. The van der Waals surface area contributed by atoms with Gasteiger partial charge in [0.05, 0.1) is 11.1 Å². The van der Waals surface area contributed by atoms with E-state index in [-0.39, 0.29) is 0 Å². The molecule has 2 rings (SSSR count).